The van der Waals surface area contributed by atoms with Gasteiger partial charge >= 0.3 is 0 Å². The Morgan fingerprint density at radius 2 is 1.97 bits per heavy atom. The molecule has 0 aliphatic carbocycles. The van der Waals surface area contributed by atoms with Gasteiger partial charge in [0, 0.05) is 32.8 Å². The molecule has 11 heteroatoms. The molecule has 0 bridgehead atoms. The number of imidazole rings is 1. The molecule has 0 saturated heterocycles. The summed E-state index contributed by atoms with van der Waals surface area (Å²) < 4.78 is 24.7. The molecular formula is C22H25FN6O3S. The van der Waals surface area contributed by atoms with Crippen LogP contribution in [0.25, 0.3) is 10.8 Å². The van der Waals surface area contributed by atoms with Gasteiger partial charge in [0.2, 0.25) is 5.91 Å². The molecule has 3 aromatic rings. The fraction of sp³-hybridized carbons (Fsp3) is 0.409. The van der Waals surface area contributed by atoms with Crippen LogP contribution in [0.1, 0.15) is 41.3 Å². The van der Waals surface area contributed by atoms with Crippen LogP contribution in [0.15, 0.2) is 24.3 Å². The van der Waals surface area contributed by atoms with Crippen LogP contribution in [0.4, 0.5) is 10.2 Å². The quantitative estimate of drug-likeness (QED) is 0.547. The van der Waals surface area contributed by atoms with E-state index in [0.29, 0.717) is 47.7 Å². The van der Waals surface area contributed by atoms with Gasteiger partial charge in [-0.2, -0.15) is 4.37 Å². The van der Waals surface area contributed by atoms with Crippen molar-refractivity contribution in [2.75, 3.05) is 32.2 Å². The predicted molar refractivity (Wildman–Crippen MR) is 122 cm³/mol. The SMILES string of the molecule is COCCC(=O)N(C)c1nc(-c2nc(C)ns2)n2c1C(C)N(C(=O)c1ccc(F)cc1)CC2. The minimum Gasteiger partial charge on any atom is -0.384 e. The number of nitrogens with zero attached hydrogens (tertiary/aromatic N) is 6. The van der Waals surface area contributed by atoms with Gasteiger partial charge in [-0.3, -0.25) is 14.5 Å². The van der Waals surface area contributed by atoms with Crippen molar-refractivity contribution in [1.82, 2.24) is 23.8 Å². The average Bonchev–Trinajstić information content (AvgIpc) is 3.41. The molecule has 1 aliphatic heterocycles. The summed E-state index contributed by atoms with van der Waals surface area (Å²) >= 11 is 1.25. The Kier molecular flexibility index (Phi) is 6.52. The highest BCUT2D eigenvalue weighted by Gasteiger charge is 2.36. The van der Waals surface area contributed by atoms with Crippen LogP contribution in [0.3, 0.4) is 0 Å². The van der Waals surface area contributed by atoms with Crippen molar-refractivity contribution in [3.05, 3.63) is 47.2 Å². The summed E-state index contributed by atoms with van der Waals surface area (Å²) in [7, 11) is 3.21. The number of carbonyl (C=O) groups is 2. The highest BCUT2D eigenvalue weighted by molar-refractivity contribution is 7.09. The molecule has 33 heavy (non-hydrogen) atoms. The van der Waals surface area contributed by atoms with E-state index in [-0.39, 0.29) is 24.3 Å². The maximum Gasteiger partial charge on any atom is 0.254 e. The van der Waals surface area contributed by atoms with E-state index in [1.54, 1.807) is 19.1 Å². The molecule has 1 unspecified atom stereocenters. The molecule has 0 spiro atoms. The molecule has 1 aliphatic rings. The van der Waals surface area contributed by atoms with Crippen molar-refractivity contribution in [2.45, 2.75) is 32.9 Å². The summed E-state index contributed by atoms with van der Waals surface area (Å²) in [5.74, 6) is 0.998. The van der Waals surface area contributed by atoms with E-state index in [9.17, 15) is 14.0 Å². The number of benzene rings is 1. The molecule has 3 heterocycles. The minimum absolute atomic E-state index is 0.146. The lowest BCUT2D eigenvalue weighted by Gasteiger charge is -2.36. The molecule has 0 N–H and O–H groups in total. The van der Waals surface area contributed by atoms with Crippen LogP contribution < -0.4 is 4.90 Å². The fourth-order valence-electron chi connectivity index (χ4n) is 3.95. The molecule has 9 nitrogen and oxygen atoms in total. The van der Waals surface area contributed by atoms with E-state index in [1.165, 1.54) is 40.7 Å². The normalized spacial score (nSPS) is 15.4. The first kappa shape index (κ1) is 23.0. The van der Waals surface area contributed by atoms with Gasteiger partial charge in [-0.1, -0.05) is 0 Å². The third-order valence-electron chi connectivity index (χ3n) is 5.70. The third kappa shape index (κ3) is 4.38. The first-order chi connectivity index (χ1) is 15.8. The molecule has 1 aromatic carbocycles. The number of aromatic nitrogens is 4. The van der Waals surface area contributed by atoms with E-state index >= 15 is 0 Å². The Hall–Kier alpha value is -3.18. The second kappa shape index (κ2) is 9.36. The Labute approximate surface area is 195 Å². The number of halogens is 1. The van der Waals surface area contributed by atoms with Crippen LogP contribution >= 0.6 is 11.5 Å². The molecule has 2 aromatic heterocycles. The maximum atomic E-state index is 13.3. The highest BCUT2D eigenvalue weighted by Crippen LogP contribution is 2.38. The van der Waals surface area contributed by atoms with E-state index in [4.69, 9.17) is 9.72 Å². The zero-order valence-electron chi connectivity index (χ0n) is 18.9. The van der Waals surface area contributed by atoms with Crippen molar-refractivity contribution in [3.8, 4) is 10.8 Å². The summed E-state index contributed by atoms with van der Waals surface area (Å²) in [5, 5.41) is 0.656. The predicted octanol–water partition coefficient (Wildman–Crippen LogP) is 3.07. The van der Waals surface area contributed by atoms with Crippen LogP contribution in [-0.2, 0) is 16.1 Å². The molecule has 0 saturated carbocycles. The number of methoxy groups -OCH3 is 1. The number of ether oxygens (including phenoxy) is 1. The van der Waals surface area contributed by atoms with Gasteiger partial charge in [0.1, 0.15) is 11.6 Å². The number of carbonyl (C=O) groups excluding carboxylic acids is 2. The van der Waals surface area contributed by atoms with Crippen LogP contribution in [0.2, 0.25) is 0 Å². The van der Waals surface area contributed by atoms with E-state index < -0.39 is 5.82 Å². The maximum absolute atomic E-state index is 13.3. The van der Waals surface area contributed by atoms with Gasteiger partial charge in [0.05, 0.1) is 24.8 Å². The standard InChI is InChI=1S/C22H25FN6O3S/c1-13-18-19(27(3)17(30)9-12-32-4)25-20(21-24-14(2)26-33-21)29(18)11-10-28(13)22(31)15-5-7-16(23)8-6-15/h5-8,13H,9-12H2,1-4H3. The monoisotopic (exact) mass is 472 g/mol. The minimum atomic E-state index is -0.396. The molecule has 0 radical (unpaired) electrons. The van der Waals surface area contributed by atoms with E-state index in [0.717, 1.165) is 5.69 Å². The van der Waals surface area contributed by atoms with Crippen LogP contribution in [0.5, 0.6) is 0 Å². The Balaban J connectivity index is 1.75. The summed E-state index contributed by atoms with van der Waals surface area (Å²) in [4.78, 5) is 38.5. The number of hydrogen-bond donors (Lipinski definition) is 0. The lowest BCUT2D eigenvalue weighted by Crippen LogP contribution is -2.42. The van der Waals surface area contributed by atoms with Crippen molar-refractivity contribution < 1.29 is 18.7 Å². The number of hydrogen-bond acceptors (Lipinski definition) is 7. The smallest absolute Gasteiger partial charge is 0.254 e. The second-order valence-corrected chi connectivity index (χ2v) is 8.57. The Morgan fingerprint density at radius 1 is 1.24 bits per heavy atom. The van der Waals surface area contributed by atoms with Gasteiger partial charge < -0.3 is 14.2 Å². The third-order valence-corrected chi connectivity index (χ3v) is 6.50. The highest BCUT2D eigenvalue weighted by atomic mass is 32.1. The van der Waals surface area contributed by atoms with Gasteiger partial charge in [-0.05, 0) is 49.6 Å². The number of fused-ring (bicyclic) bond motifs is 1. The lowest BCUT2D eigenvalue weighted by molar-refractivity contribution is -0.119. The summed E-state index contributed by atoms with van der Waals surface area (Å²) in [5.41, 5.74) is 1.15. The number of aryl methyl sites for hydroxylation is 1. The molecule has 0 fully saturated rings. The van der Waals surface area contributed by atoms with Gasteiger partial charge in [0.25, 0.3) is 5.91 Å². The Morgan fingerprint density at radius 3 is 2.61 bits per heavy atom. The van der Waals surface area contributed by atoms with Crippen molar-refractivity contribution in [1.29, 1.82) is 0 Å². The molecule has 2 amide bonds. The largest absolute Gasteiger partial charge is 0.384 e. The second-order valence-electron chi connectivity index (χ2n) is 7.82. The zero-order chi connectivity index (χ0) is 23.7. The first-order valence-corrected chi connectivity index (χ1v) is 11.3. The first-order valence-electron chi connectivity index (χ1n) is 10.5. The zero-order valence-corrected chi connectivity index (χ0v) is 19.7. The lowest BCUT2D eigenvalue weighted by atomic mass is 10.1. The van der Waals surface area contributed by atoms with Gasteiger partial charge in [-0.15, -0.1) is 0 Å². The summed E-state index contributed by atoms with van der Waals surface area (Å²) in [6, 6.07) is 5.13. The van der Waals surface area contributed by atoms with Crippen LogP contribution in [0, 0.1) is 12.7 Å². The number of rotatable bonds is 6. The number of amides is 2. The molecule has 4 rings (SSSR count). The fourth-order valence-corrected chi connectivity index (χ4v) is 4.62. The van der Waals surface area contributed by atoms with Crippen molar-refractivity contribution >= 4 is 29.2 Å². The van der Waals surface area contributed by atoms with Gasteiger partial charge in [-0.25, -0.2) is 14.4 Å². The van der Waals surface area contributed by atoms with Crippen molar-refractivity contribution in [3.63, 3.8) is 0 Å². The van der Waals surface area contributed by atoms with Gasteiger partial charge in [0.15, 0.2) is 16.6 Å². The Bertz CT molecular complexity index is 1180. The van der Waals surface area contributed by atoms with Crippen LogP contribution in [-0.4, -0.2) is 62.9 Å². The average molecular weight is 473 g/mol. The van der Waals surface area contributed by atoms with Crippen molar-refractivity contribution in [2.24, 2.45) is 0 Å². The molecular weight excluding hydrogens is 447 g/mol. The molecule has 1 atom stereocenters. The summed E-state index contributed by atoms with van der Waals surface area (Å²) in [6.07, 6.45) is 0.207. The molecule has 174 valence electrons. The number of anilines is 1. The summed E-state index contributed by atoms with van der Waals surface area (Å²) in [6.45, 7) is 4.93. The topological polar surface area (TPSA) is 93.5 Å². The van der Waals surface area contributed by atoms with E-state index in [2.05, 4.69) is 9.36 Å². The van der Waals surface area contributed by atoms with E-state index in [1.807, 2.05) is 18.4 Å².